The number of nitrogens with two attached hydrogens (primary N) is 1. The number of rotatable bonds is 2. The summed E-state index contributed by atoms with van der Waals surface area (Å²) in [5.41, 5.74) is 5.63. The van der Waals surface area contributed by atoms with Gasteiger partial charge in [0.1, 0.15) is 0 Å². The number of carbonyl (C=O) groups excluding carboxylic acids is 1. The lowest BCUT2D eigenvalue weighted by Crippen LogP contribution is -2.22. The molecule has 0 heterocycles. The van der Waals surface area contributed by atoms with Crippen molar-refractivity contribution in [2.75, 3.05) is 6.61 Å². The molecule has 0 amide bonds. The highest BCUT2D eigenvalue weighted by molar-refractivity contribution is 5.85. The maximum absolute atomic E-state index is 9.18. The topological polar surface area (TPSA) is 52.3 Å². The number of carbonyl (C=O) groups is 1. The van der Waals surface area contributed by atoms with Gasteiger partial charge in [-0.3, -0.25) is 4.79 Å². The van der Waals surface area contributed by atoms with Crippen molar-refractivity contribution in [1.29, 1.82) is 0 Å². The van der Waals surface area contributed by atoms with Crippen LogP contribution in [0.5, 0.6) is 0 Å². The highest BCUT2D eigenvalue weighted by Crippen LogP contribution is 2.14. The standard InChI is InChI=1S/C6H13N.C3H6O2.ClH/c7-6-4-2-1-3-5-6;1-2-5-3-4;/h6H,1-5,7H2;3H,2H2,1H3;1H. The monoisotopic (exact) mass is 209 g/mol. The van der Waals surface area contributed by atoms with E-state index in [1.807, 2.05) is 0 Å². The molecule has 0 aromatic carbocycles. The van der Waals surface area contributed by atoms with Crippen molar-refractivity contribution in [2.24, 2.45) is 5.73 Å². The Morgan fingerprint density at radius 1 is 1.38 bits per heavy atom. The van der Waals surface area contributed by atoms with Gasteiger partial charge in [0.15, 0.2) is 0 Å². The molecule has 1 saturated carbocycles. The van der Waals surface area contributed by atoms with Crippen LogP contribution in [0.4, 0.5) is 0 Å². The van der Waals surface area contributed by atoms with Crippen LogP contribution in [0.15, 0.2) is 0 Å². The van der Waals surface area contributed by atoms with E-state index in [0.717, 1.165) is 0 Å². The Bertz CT molecular complexity index is 106. The first-order chi connectivity index (χ1) is 5.81. The van der Waals surface area contributed by atoms with Gasteiger partial charge in [-0.05, 0) is 19.8 Å². The van der Waals surface area contributed by atoms with E-state index in [9.17, 15) is 4.79 Å². The van der Waals surface area contributed by atoms with Gasteiger partial charge in [0.05, 0.1) is 6.61 Å². The minimum absolute atomic E-state index is 0. The van der Waals surface area contributed by atoms with Crippen LogP contribution in [-0.2, 0) is 9.53 Å². The number of halogens is 1. The van der Waals surface area contributed by atoms with Crippen molar-refractivity contribution in [3.8, 4) is 0 Å². The maximum atomic E-state index is 9.18. The molecule has 1 aliphatic rings. The van der Waals surface area contributed by atoms with Gasteiger partial charge >= 0.3 is 0 Å². The van der Waals surface area contributed by atoms with Crippen molar-refractivity contribution < 1.29 is 9.53 Å². The molecule has 0 aromatic rings. The van der Waals surface area contributed by atoms with E-state index in [-0.39, 0.29) is 12.4 Å². The first-order valence-corrected chi connectivity index (χ1v) is 4.62. The second-order valence-electron chi connectivity index (χ2n) is 2.95. The highest BCUT2D eigenvalue weighted by Gasteiger charge is 2.06. The van der Waals surface area contributed by atoms with Crippen molar-refractivity contribution in [3.63, 3.8) is 0 Å². The normalized spacial score (nSPS) is 16.2. The lowest BCUT2D eigenvalue weighted by molar-refractivity contribution is -0.128. The van der Waals surface area contributed by atoms with Crippen LogP contribution in [0.3, 0.4) is 0 Å². The fourth-order valence-electron chi connectivity index (χ4n) is 1.20. The van der Waals surface area contributed by atoms with E-state index in [1.165, 1.54) is 32.1 Å². The van der Waals surface area contributed by atoms with Gasteiger partial charge in [-0.15, -0.1) is 12.4 Å². The molecule has 3 nitrogen and oxygen atoms in total. The Kier molecular flexibility index (Phi) is 13.7. The summed E-state index contributed by atoms with van der Waals surface area (Å²) in [6, 6.07) is 0.536. The van der Waals surface area contributed by atoms with Crippen LogP contribution in [0, 0.1) is 0 Å². The SMILES string of the molecule is CCOC=O.Cl.NC1CCCCC1. The molecule has 0 atom stereocenters. The van der Waals surface area contributed by atoms with Gasteiger partial charge in [-0.25, -0.2) is 0 Å². The lowest BCUT2D eigenvalue weighted by atomic mass is 9.97. The van der Waals surface area contributed by atoms with E-state index >= 15 is 0 Å². The Balaban J connectivity index is 0. The summed E-state index contributed by atoms with van der Waals surface area (Å²) >= 11 is 0. The average molecular weight is 210 g/mol. The molecule has 4 heteroatoms. The van der Waals surface area contributed by atoms with E-state index < -0.39 is 0 Å². The maximum Gasteiger partial charge on any atom is 0.293 e. The van der Waals surface area contributed by atoms with Crippen LogP contribution in [-0.4, -0.2) is 19.1 Å². The van der Waals surface area contributed by atoms with Gasteiger partial charge in [0, 0.05) is 6.04 Å². The number of hydrogen-bond acceptors (Lipinski definition) is 3. The van der Waals surface area contributed by atoms with Crippen LogP contribution >= 0.6 is 12.4 Å². The Labute approximate surface area is 86.4 Å². The van der Waals surface area contributed by atoms with Crippen LogP contribution in [0.25, 0.3) is 0 Å². The zero-order valence-electron chi connectivity index (χ0n) is 8.20. The third-order valence-corrected chi connectivity index (χ3v) is 1.88. The van der Waals surface area contributed by atoms with Crippen LogP contribution < -0.4 is 5.73 Å². The second-order valence-corrected chi connectivity index (χ2v) is 2.95. The fourth-order valence-corrected chi connectivity index (χ4v) is 1.20. The molecule has 0 spiro atoms. The predicted molar refractivity (Wildman–Crippen MR) is 56.0 cm³/mol. The molecule has 1 fully saturated rings. The lowest BCUT2D eigenvalue weighted by Gasteiger charge is -2.15. The molecule has 2 N–H and O–H groups in total. The molecule has 0 radical (unpaired) electrons. The van der Waals surface area contributed by atoms with E-state index in [1.54, 1.807) is 6.92 Å². The largest absolute Gasteiger partial charge is 0.468 e. The molecule has 0 aromatic heterocycles. The third kappa shape index (κ3) is 11.7. The van der Waals surface area contributed by atoms with Gasteiger partial charge < -0.3 is 10.5 Å². The van der Waals surface area contributed by atoms with E-state index in [2.05, 4.69) is 4.74 Å². The molecular weight excluding hydrogens is 190 g/mol. The summed E-state index contributed by atoms with van der Waals surface area (Å²) in [4.78, 5) is 9.18. The first-order valence-electron chi connectivity index (χ1n) is 4.62. The summed E-state index contributed by atoms with van der Waals surface area (Å²) in [5.74, 6) is 0. The molecule has 0 saturated heterocycles. The summed E-state index contributed by atoms with van der Waals surface area (Å²) < 4.78 is 4.15. The second kappa shape index (κ2) is 11.7. The van der Waals surface area contributed by atoms with Crippen molar-refractivity contribution >= 4 is 18.9 Å². The van der Waals surface area contributed by atoms with Gasteiger partial charge in [0.25, 0.3) is 6.47 Å². The van der Waals surface area contributed by atoms with Crippen molar-refractivity contribution in [1.82, 2.24) is 0 Å². The highest BCUT2D eigenvalue weighted by atomic mass is 35.5. The Hall–Kier alpha value is -0.280. The molecule has 80 valence electrons. The minimum Gasteiger partial charge on any atom is -0.468 e. The molecule has 0 aliphatic heterocycles. The average Bonchev–Trinajstić information content (AvgIpc) is 2.08. The Morgan fingerprint density at radius 3 is 2.08 bits per heavy atom. The predicted octanol–water partition coefficient (Wildman–Crippen LogP) is 1.88. The Morgan fingerprint density at radius 2 is 1.92 bits per heavy atom. The first kappa shape index (κ1) is 15.2. The fraction of sp³-hybridized carbons (Fsp3) is 0.889. The van der Waals surface area contributed by atoms with Crippen LogP contribution in [0.1, 0.15) is 39.0 Å². The zero-order chi connectivity index (χ0) is 9.23. The van der Waals surface area contributed by atoms with Gasteiger partial charge in [-0.2, -0.15) is 0 Å². The molecule has 13 heavy (non-hydrogen) atoms. The molecule has 1 aliphatic carbocycles. The van der Waals surface area contributed by atoms with E-state index in [4.69, 9.17) is 5.73 Å². The number of hydrogen-bond donors (Lipinski definition) is 1. The smallest absolute Gasteiger partial charge is 0.293 e. The van der Waals surface area contributed by atoms with Crippen molar-refractivity contribution in [2.45, 2.75) is 45.1 Å². The molecule has 0 bridgehead atoms. The summed E-state index contributed by atoms with van der Waals surface area (Å²) in [7, 11) is 0. The molecule has 0 unspecified atom stereocenters. The summed E-state index contributed by atoms with van der Waals surface area (Å²) in [6.45, 7) is 2.66. The third-order valence-electron chi connectivity index (χ3n) is 1.88. The summed E-state index contributed by atoms with van der Waals surface area (Å²) in [5, 5.41) is 0. The summed E-state index contributed by atoms with van der Waals surface area (Å²) in [6.07, 6.45) is 6.66. The van der Waals surface area contributed by atoms with Gasteiger partial charge in [-0.1, -0.05) is 19.3 Å². The van der Waals surface area contributed by atoms with Gasteiger partial charge in [0.2, 0.25) is 0 Å². The number of ether oxygens (including phenoxy) is 1. The van der Waals surface area contributed by atoms with Crippen molar-refractivity contribution in [3.05, 3.63) is 0 Å². The van der Waals surface area contributed by atoms with Crippen LogP contribution in [0.2, 0.25) is 0 Å². The van der Waals surface area contributed by atoms with E-state index in [0.29, 0.717) is 19.1 Å². The minimum atomic E-state index is 0. The quantitative estimate of drug-likeness (QED) is 0.707. The zero-order valence-corrected chi connectivity index (χ0v) is 9.02. The molecular formula is C9H20ClNO2. The molecule has 1 rings (SSSR count).